The molecule has 7 heteroatoms. The molecule has 2 N–H and O–H groups in total. The number of rotatable bonds is 10. The third-order valence-corrected chi connectivity index (χ3v) is 4.87. The average molecular weight is 391 g/mol. The van der Waals surface area contributed by atoms with Gasteiger partial charge in [0.05, 0.1) is 3.79 Å². The van der Waals surface area contributed by atoms with Crippen LogP contribution < -0.4 is 10.6 Å². The van der Waals surface area contributed by atoms with Gasteiger partial charge in [0.1, 0.15) is 0 Å². The minimum absolute atomic E-state index is 0.819. The van der Waals surface area contributed by atoms with E-state index in [2.05, 4.69) is 55.6 Å². The van der Waals surface area contributed by atoms with Crippen molar-refractivity contribution in [2.45, 2.75) is 12.8 Å². The number of hydrogen-bond donors (Lipinski definition) is 2. The summed E-state index contributed by atoms with van der Waals surface area (Å²) in [5.74, 6) is 0.862. The molecule has 0 amide bonds. The summed E-state index contributed by atoms with van der Waals surface area (Å²) in [5, 5.41) is 6.69. The molecule has 0 bridgehead atoms. The first-order valence-electron chi connectivity index (χ1n) is 7.52. The summed E-state index contributed by atoms with van der Waals surface area (Å²) in [7, 11) is 5.67. The van der Waals surface area contributed by atoms with Crippen LogP contribution in [0, 0.1) is 0 Å². The second kappa shape index (κ2) is 11.9. The van der Waals surface area contributed by atoms with Crippen molar-refractivity contribution in [1.29, 1.82) is 0 Å². The van der Waals surface area contributed by atoms with Crippen molar-refractivity contribution < 1.29 is 4.74 Å². The molecule has 0 spiro atoms. The van der Waals surface area contributed by atoms with Gasteiger partial charge in [-0.25, -0.2) is 0 Å². The zero-order chi connectivity index (χ0) is 16.2. The van der Waals surface area contributed by atoms with Crippen LogP contribution in [0.5, 0.6) is 0 Å². The molecule has 0 saturated carbocycles. The van der Waals surface area contributed by atoms with Gasteiger partial charge < -0.3 is 20.3 Å². The third kappa shape index (κ3) is 8.73. The number of methoxy groups -OCH3 is 1. The van der Waals surface area contributed by atoms with Crippen molar-refractivity contribution >= 4 is 33.2 Å². The Bertz CT molecular complexity index is 439. The lowest BCUT2D eigenvalue weighted by Crippen LogP contribution is -2.41. The summed E-state index contributed by atoms with van der Waals surface area (Å²) in [6, 6.07) is 4.24. The van der Waals surface area contributed by atoms with Gasteiger partial charge in [0.25, 0.3) is 0 Å². The van der Waals surface area contributed by atoms with E-state index in [0.29, 0.717) is 0 Å². The van der Waals surface area contributed by atoms with Crippen LogP contribution in [0.1, 0.15) is 11.3 Å². The van der Waals surface area contributed by atoms with Crippen LogP contribution in [0.15, 0.2) is 20.9 Å². The molecule has 0 aliphatic rings. The van der Waals surface area contributed by atoms with Gasteiger partial charge in [-0.3, -0.25) is 4.99 Å². The monoisotopic (exact) mass is 390 g/mol. The third-order valence-electron chi connectivity index (χ3n) is 3.19. The summed E-state index contributed by atoms with van der Waals surface area (Å²) in [6.45, 7) is 4.63. The number of likely N-dealkylation sites (N-methyl/N-ethyl adjacent to an activating group) is 1. The fourth-order valence-electron chi connectivity index (χ4n) is 1.97. The maximum absolute atomic E-state index is 5.06. The molecule has 1 aromatic rings. The number of hydrogen-bond acceptors (Lipinski definition) is 4. The van der Waals surface area contributed by atoms with E-state index in [1.54, 1.807) is 25.5 Å². The van der Waals surface area contributed by atoms with Gasteiger partial charge in [-0.1, -0.05) is 0 Å². The molecule has 126 valence electrons. The van der Waals surface area contributed by atoms with Gasteiger partial charge in [0.15, 0.2) is 5.96 Å². The normalized spacial score (nSPS) is 12.0. The molecule has 0 radical (unpaired) electrons. The van der Waals surface area contributed by atoms with Gasteiger partial charge >= 0.3 is 0 Å². The Hall–Kier alpha value is -0.630. The number of nitrogens with zero attached hydrogens (tertiary/aromatic N) is 2. The zero-order valence-corrected chi connectivity index (χ0v) is 16.1. The minimum atomic E-state index is 0.819. The molecule has 5 nitrogen and oxygen atoms in total. The van der Waals surface area contributed by atoms with Crippen LogP contribution in [0.2, 0.25) is 0 Å². The highest BCUT2D eigenvalue weighted by Gasteiger charge is 2.01. The molecule has 0 fully saturated rings. The van der Waals surface area contributed by atoms with Gasteiger partial charge in [0, 0.05) is 51.8 Å². The van der Waals surface area contributed by atoms with E-state index in [9.17, 15) is 0 Å². The summed E-state index contributed by atoms with van der Waals surface area (Å²) in [6.07, 6.45) is 2.07. The largest absolute Gasteiger partial charge is 0.385 e. The van der Waals surface area contributed by atoms with Crippen molar-refractivity contribution in [1.82, 2.24) is 15.5 Å². The van der Waals surface area contributed by atoms with Crippen molar-refractivity contribution in [2.75, 3.05) is 54.0 Å². The average Bonchev–Trinajstić information content (AvgIpc) is 2.91. The topological polar surface area (TPSA) is 48.9 Å². The second-order valence-corrected chi connectivity index (χ2v) is 7.58. The highest BCUT2D eigenvalue weighted by Crippen LogP contribution is 2.21. The SMILES string of the molecule is CN=C(NCCc1ccc(Br)s1)NCCN(C)CCCOC. The van der Waals surface area contributed by atoms with E-state index < -0.39 is 0 Å². The molecular weight excluding hydrogens is 364 g/mol. The second-order valence-electron chi connectivity index (χ2n) is 5.03. The van der Waals surface area contributed by atoms with Gasteiger partial charge in [-0.2, -0.15) is 0 Å². The molecule has 22 heavy (non-hydrogen) atoms. The summed E-state index contributed by atoms with van der Waals surface area (Å²) < 4.78 is 6.24. The number of halogens is 1. The van der Waals surface area contributed by atoms with Crippen molar-refractivity contribution in [3.05, 3.63) is 20.8 Å². The Morgan fingerprint density at radius 3 is 2.73 bits per heavy atom. The molecule has 0 saturated heterocycles. The van der Waals surface area contributed by atoms with Gasteiger partial charge in [-0.05, 0) is 48.0 Å². The zero-order valence-electron chi connectivity index (χ0n) is 13.7. The molecule has 1 heterocycles. The predicted molar refractivity (Wildman–Crippen MR) is 99.1 cm³/mol. The summed E-state index contributed by atoms with van der Waals surface area (Å²) >= 11 is 5.26. The number of ether oxygens (including phenoxy) is 1. The smallest absolute Gasteiger partial charge is 0.191 e. The molecule has 0 atom stereocenters. The Morgan fingerprint density at radius 2 is 2.09 bits per heavy atom. The van der Waals surface area contributed by atoms with Gasteiger partial charge in [0.2, 0.25) is 0 Å². The quantitative estimate of drug-likeness (QED) is 0.365. The lowest BCUT2D eigenvalue weighted by Gasteiger charge is -2.18. The number of guanidine groups is 1. The van der Waals surface area contributed by atoms with Crippen LogP contribution in [0.4, 0.5) is 0 Å². The first-order valence-corrected chi connectivity index (χ1v) is 9.13. The summed E-state index contributed by atoms with van der Waals surface area (Å²) in [5.41, 5.74) is 0. The minimum Gasteiger partial charge on any atom is -0.385 e. The lowest BCUT2D eigenvalue weighted by atomic mass is 10.3. The number of aliphatic imine (C=N–C) groups is 1. The van der Waals surface area contributed by atoms with Crippen LogP contribution in [0.3, 0.4) is 0 Å². The number of thiophene rings is 1. The van der Waals surface area contributed by atoms with Crippen LogP contribution in [-0.2, 0) is 11.2 Å². The maximum Gasteiger partial charge on any atom is 0.191 e. The Kier molecular flexibility index (Phi) is 10.5. The van der Waals surface area contributed by atoms with Crippen LogP contribution in [-0.4, -0.2) is 64.9 Å². The summed E-state index contributed by atoms with van der Waals surface area (Å²) in [4.78, 5) is 7.91. The molecule has 1 aromatic heterocycles. The Morgan fingerprint density at radius 1 is 1.32 bits per heavy atom. The van der Waals surface area contributed by atoms with E-state index in [-0.39, 0.29) is 0 Å². The Labute approximate surface area is 146 Å². The molecule has 0 aromatic carbocycles. The highest BCUT2D eigenvalue weighted by molar-refractivity contribution is 9.11. The first-order chi connectivity index (χ1) is 10.7. The first kappa shape index (κ1) is 19.4. The van der Waals surface area contributed by atoms with Crippen molar-refractivity contribution in [3.63, 3.8) is 0 Å². The van der Waals surface area contributed by atoms with E-state index in [0.717, 1.165) is 51.6 Å². The predicted octanol–water partition coefficient (Wildman–Crippen LogP) is 2.19. The van der Waals surface area contributed by atoms with Crippen molar-refractivity contribution in [3.8, 4) is 0 Å². The highest BCUT2D eigenvalue weighted by atomic mass is 79.9. The molecule has 0 aliphatic heterocycles. The van der Waals surface area contributed by atoms with Crippen LogP contribution in [0.25, 0.3) is 0 Å². The van der Waals surface area contributed by atoms with E-state index >= 15 is 0 Å². The molecule has 1 rings (SSSR count). The van der Waals surface area contributed by atoms with E-state index in [4.69, 9.17) is 4.74 Å². The fourth-order valence-corrected chi connectivity index (χ4v) is 3.45. The maximum atomic E-state index is 5.06. The molecule has 0 aliphatic carbocycles. The lowest BCUT2D eigenvalue weighted by molar-refractivity contribution is 0.180. The molecule has 0 unspecified atom stereocenters. The standard InChI is InChI=1S/C15H27BrN4OS/c1-17-15(18-8-7-13-5-6-14(16)22-13)19-9-11-20(2)10-4-12-21-3/h5-6H,4,7-12H2,1-3H3,(H2,17,18,19). The fraction of sp³-hybridized carbons (Fsp3) is 0.667. The van der Waals surface area contributed by atoms with Crippen molar-refractivity contribution in [2.24, 2.45) is 4.99 Å². The molecular formula is C15H27BrN4OS. The van der Waals surface area contributed by atoms with E-state index in [1.807, 2.05) is 0 Å². The Balaban J connectivity index is 2.11. The number of nitrogens with one attached hydrogen (secondary N) is 2. The van der Waals surface area contributed by atoms with Gasteiger partial charge in [-0.15, -0.1) is 11.3 Å². The van der Waals surface area contributed by atoms with E-state index in [1.165, 1.54) is 8.66 Å². The van der Waals surface area contributed by atoms with Crippen LogP contribution >= 0.6 is 27.3 Å².